The van der Waals surface area contributed by atoms with E-state index in [1.807, 2.05) is 18.2 Å². The predicted molar refractivity (Wildman–Crippen MR) is 66.1 cm³/mol. The molecule has 4 heteroatoms. The van der Waals surface area contributed by atoms with Crippen molar-refractivity contribution in [2.45, 2.75) is 0 Å². The molecule has 0 saturated heterocycles. The van der Waals surface area contributed by atoms with E-state index in [0.717, 1.165) is 9.86 Å². The van der Waals surface area contributed by atoms with Crippen LogP contribution >= 0.6 is 15.9 Å². The molecule has 0 spiro atoms. The second kappa shape index (κ2) is 3.89. The zero-order valence-electron chi connectivity index (χ0n) is 8.64. The first kappa shape index (κ1) is 10.4. The maximum Gasteiger partial charge on any atom is 0.231 e. The van der Waals surface area contributed by atoms with Gasteiger partial charge in [-0.05, 0) is 34.1 Å². The Bertz CT molecular complexity index is 680. The third-order valence-electron chi connectivity index (χ3n) is 2.50. The van der Waals surface area contributed by atoms with Gasteiger partial charge in [-0.3, -0.25) is 4.79 Å². The maximum absolute atomic E-state index is 12.0. The number of carbonyl (C=O) groups is 1. The van der Waals surface area contributed by atoms with Crippen LogP contribution in [0.1, 0.15) is 16.1 Å². The molecule has 0 bridgehead atoms. The number of furan rings is 2. The fourth-order valence-electron chi connectivity index (χ4n) is 1.68. The Morgan fingerprint density at radius 3 is 2.82 bits per heavy atom. The largest absolute Gasteiger partial charge is 0.472 e. The molecule has 0 fully saturated rings. The van der Waals surface area contributed by atoms with E-state index in [0.29, 0.717) is 16.9 Å². The molecule has 0 aliphatic carbocycles. The van der Waals surface area contributed by atoms with Crippen LogP contribution in [0.5, 0.6) is 0 Å². The molecule has 0 saturated carbocycles. The van der Waals surface area contributed by atoms with Gasteiger partial charge in [-0.15, -0.1) is 0 Å². The molecule has 0 unspecified atom stereocenters. The Morgan fingerprint density at radius 2 is 2.12 bits per heavy atom. The second-order valence-electron chi connectivity index (χ2n) is 3.61. The monoisotopic (exact) mass is 290 g/mol. The number of rotatable bonds is 2. The summed E-state index contributed by atoms with van der Waals surface area (Å²) in [4.78, 5) is 12.0. The fraction of sp³-hybridized carbons (Fsp3) is 0. The van der Waals surface area contributed by atoms with Gasteiger partial charge >= 0.3 is 0 Å². The molecule has 0 radical (unpaired) electrons. The van der Waals surface area contributed by atoms with Gasteiger partial charge in [0.2, 0.25) is 5.78 Å². The summed E-state index contributed by atoms with van der Waals surface area (Å²) in [6, 6.07) is 9.02. The van der Waals surface area contributed by atoms with Gasteiger partial charge in [-0.25, -0.2) is 0 Å². The molecular formula is C13H7BrO3. The molecule has 0 amide bonds. The zero-order valence-corrected chi connectivity index (χ0v) is 10.2. The Morgan fingerprint density at radius 1 is 1.24 bits per heavy atom. The van der Waals surface area contributed by atoms with Crippen molar-refractivity contribution in [3.8, 4) is 0 Å². The normalized spacial score (nSPS) is 10.9. The average Bonchev–Trinajstić information content (AvgIpc) is 2.98. The number of benzene rings is 1. The number of fused-ring (bicyclic) bond motifs is 1. The number of hydrogen-bond donors (Lipinski definition) is 0. The highest BCUT2D eigenvalue weighted by molar-refractivity contribution is 9.10. The molecule has 2 aromatic heterocycles. The van der Waals surface area contributed by atoms with Crippen LogP contribution in [0.25, 0.3) is 11.0 Å². The van der Waals surface area contributed by atoms with Crippen LogP contribution in [0.4, 0.5) is 0 Å². The van der Waals surface area contributed by atoms with Gasteiger partial charge in [0.15, 0.2) is 5.76 Å². The van der Waals surface area contributed by atoms with Gasteiger partial charge in [0.1, 0.15) is 11.8 Å². The fourth-order valence-corrected chi connectivity index (χ4v) is 2.14. The molecule has 3 rings (SSSR count). The van der Waals surface area contributed by atoms with Crippen LogP contribution in [0.3, 0.4) is 0 Å². The Hall–Kier alpha value is -1.81. The van der Waals surface area contributed by atoms with Crippen molar-refractivity contribution in [2.75, 3.05) is 0 Å². The van der Waals surface area contributed by atoms with Gasteiger partial charge in [-0.2, -0.15) is 0 Å². The molecule has 0 atom stereocenters. The Kier molecular flexibility index (Phi) is 2.37. The van der Waals surface area contributed by atoms with Crippen molar-refractivity contribution in [2.24, 2.45) is 0 Å². The van der Waals surface area contributed by atoms with Crippen LogP contribution in [0.2, 0.25) is 0 Å². The highest BCUT2D eigenvalue weighted by atomic mass is 79.9. The van der Waals surface area contributed by atoms with Gasteiger partial charge < -0.3 is 8.83 Å². The molecule has 1 aromatic carbocycles. The molecule has 0 aliphatic rings. The van der Waals surface area contributed by atoms with E-state index in [-0.39, 0.29) is 5.78 Å². The first-order chi connectivity index (χ1) is 8.25. The van der Waals surface area contributed by atoms with Crippen molar-refractivity contribution in [1.29, 1.82) is 0 Å². The van der Waals surface area contributed by atoms with Gasteiger partial charge in [0.25, 0.3) is 0 Å². The molecule has 2 heterocycles. The lowest BCUT2D eigenvalue weighted by Gasteiger charge is -1.91. The molecule has 3 nitrogen and oxygen atoms in total. The molecule has 84 valence electrons. The topological polar surface area (TPSA) is 43.4 Å². The average molecular weight is 291 g/mol. The van der Waals surface area contributed by atoms with Crippen molar-refractivity contribution in [3.63, 3.8) is 0 Å². The predicted octanol–water partition coefficient (Wildman–Crippen LogP) is 4.02. The number of carbonyl (C=O) groups excluding carboxylic acids is 1. The van der Waals surface area contributed by atoms with Crippen LogP contribution in [-0.2, 0) is 0 Å². The van der Waals surface area contributed by atoms with Gasteiger partial charge in [0, 0.05) is 5.39 Å². The Balaban J connectivity index is 2.13. The maximum atomic E-state index is 12.0. The van der Waals surface area contributed by atoms with Crippen molar-refractivity contribution in [1.82, 2.24) is 0 Å². The number of halogens is 1. The summed E-state index contributed by atoms with van der Waals surface area (Å²) >= 11 is 3.38. The summed E-state index contributed by atoms with van der Waals surface area (Å²) in [7, 11) is 0. The second-order valence-corrected chi connectivity index (χ2v) is 4.46. The molecule has 17 heavy (non-hydrogen) atoms. The van der Waals surface area contributed by atoms with Crippen LogP contribution in [0.15, 0.2) is 56.2 Å². The minimum Gasteiger partial charge on any atom is -0.472 e. The molecule has 0 N–H and O–H groups in total. The smallest absolute Gasteiger partial charge is 0.231 e. The van der Waals surface area contributed by atoms with E-state index in [1.165, 1.54) is 12.5 Å². The van der Waals surface area contributed by atoms with Crippen LogP contribution in [0, 0.1) is 0 Å². The summed E-state index contributed by atoms with van der Waals surface area (Å²) in [6.45, 7) is 0. The highest BCUT2D eigenvalue weighted by Gasteiger charge is 2.16. The SMILES string of the molecule is O=C(c1ccoc1)c1cc2cccc(Br)c2o1. The molecule has 3 aromatic rings. The Labute approximate surface area is 105 Å². The lowest BCUT2D eigenvalue weighted by molar-refractivity contribution is 0.101. The zero-order chi connectivity index (χ0) is 11.8. The van der Waals surface area contributed by atoms with Crippen molar-refractivity contribution >= 4 is 32.7 Å². The molecular weight excluding hydrogens is 284 g/mol. The van der Waals surface area contributed by atoms with Crippen LogP contribution < -0.4 is 0 Å². The van der Waals surface area contributed by atoms with E-state index in [2.05, 4.69) is 15.9 Å². The minimum atomic E-state index is -0.179. The number of hydrogen-bond acceptors (Lipinski definition) is 3. The van der Waals surface area contributed by atoms with E-state index >= 15 is 0 Å². The third-order valence-corrected chi connectivity index (χ3v) is 3.13. The summed E-state index contributed by atoms with van der Waals surface area (Å²) in [5, 5.41) is 0.895. The third kappa shape index (κ3) is 1.70. The number of ketones is 1. The summed E-state index contributed by atoms with van der Waals surface area (Å²) < 4.78 is 11.3. The summed E-state index contributed by atoms with van der Waals surface area (Å²) in [5.74, 6) is 0.134. The van der Waals surface area contributed by atoms with Crippen LogP contribution in [-0.4, -0.2) is 5.78 Å². The minimum absolute atomic E-state index is 0.179. The summed E-state index contributed by atoms with van der Waals surface area (Å²) in [5.41, 5.74) is 1.17. The molecule has 0 aliphatic heterocycles. The number of para-hydroxylation sites is 1. The standard InChI is InChI=1S/C13H7BrO3/c14-10-3-1-2-8-6-11(17-13(8)10)12(15)9-4-5-16-7-9/h1-7H. The first-order valence-electron chi connectivity index (χ1n) is 5.00. The van der Waals surface area contributed by atoms with Gasteiger partial charge in [0.05, 0.1) is 16.3 Å². The first-order valence-corrected chi connectivity index (χ1v) is 5.80. The lowest BCUT2D eigenvalue weighted by atomic mass is 10.1. The van der Waals surface area contributed by atoms with E-state index < -0.39 is 0 Å². The van der Waals surface area contributed by atoms with Crippen molar-refractivity contribution < 1.29 is 13.6 Å². The van der Waals surface area contributed by atoms with E-state index in [1.54, 1.807) is 12.1 Å². The quantitative estimate of drug-likeness (QED) is 0.670. The van der Waals surface area contributed by atoms with Crippen molar-refractivity contribution in [3.05, 3.63) is 58.7 Å². The lowest BCUT2D eigenvalue weighted by Crippen LogP contribution is -1.96. The summed E-state index contributed by atoms with van der Waals surface area (Å²) in [6.07, 6.45) is 2.87. The van der Waals surface area contributed by atoms with E-state index in [4.69, 9.17) is 8.83 Å². The van der Waals surface area contributed by atoms with E-state index in [9.17, 15) is 4.79 Å². The highest BCUT2D eigenvalue weighted by Crippen LogP contribution is 2.28. The van der Waals surface area contributed by atoms with Gasteiger partial charge in [-0.1, -0.05) is 12.1 Å².